The Labute approximate surface area is 121 Å². The van der Waals surface area contributed by atoms with Crippen molar-refractivity contribution < 1.29 is 13.9 Å². The molecule has 0 bridgehead atoms. The predicted octanol–water partition coefficient (Wildman–Crippen LogP) is 2.61. The highest BCUT2D eigenvalue weighted by molar-refractivity contribution is 5.06. The van der Waals surface area contributed by atoms with Crippen molar-refractivity contribution in [2.45, 2.75) is 38.8 Å². The molecule has 1 aromatic heterocycles. The van der Waals surface area contributed by atoms with Crippen LogP contribution in [0.3, 0.4) is 0 Å². The van der Waals surface area contributed by atoms with Crippen molar-refractivity contribution >= 4 is 0 Å². The lowest BCUT2D eigenvalue weighted by molar-refractivity contribution is -0.149. The van der Waals surface area contributed by atoms with Crippen LogP contribution in [0.25, 0.3) is 0 Å². The first-order valence-electron chi connectivity index (χ1n) is 7.60. The molecule has 0 unspecified atom stereocenters. The van der Waals surface area contributed by atoms with Crippen LogP contribution in [0.4, 0.5) is 0 Å². The van der Waals surface area contributed by atoms with Gasteiger partial charge in [0.15, 0.2) is 0 Å². The minimum Gasteiger partial charge on any atom is -0.465 e. The third kappa shape index (κ3) is 2.78. The number of piperidine rings is 1. The summed E-state index contributed by atoms with van der Waals surface area (Å²) in [7, 11) is 1.80. The van der Waals surface area contributed by atoms with Crippen molar-refractivity contribution in [2.75, 3.05) is 33.4 Å². The van der Waals surface area contributed by atoms with Gasteiger partial charge in [-0.15, -0.1) is 0 Å². The van der Waals surface area contributed by atoms with Crippen molar-refractivity contribution in [3.05, 3.63) is 23.7 Å². The maximum Gasteiger partial charge on any atom is 0.118 e. The summed E-state index contributed by atoms with van der Waals surface area (Å²) in [4.78, 5) is 2.49. The SMILES string of the molecule is COC[C@]12CCCO[C@H]1CCN(Cc1ccc(C)o1)C2. The van der Waals surface area contributed by atoms with E-state index < -0.39 is 0 Å². The number of furan rings is 1. The molecule has 3 rings (SSSR count). The molecular formula is C16H25NO3. The molecule has 4 heteroatoms. The Morgan fingerprint density at radius 2 is 2.35 bits per heavy atom. The van der Waals surface area contributed by atoms with E-state index in [4.69, 9.17) is 13.9 Å². The Hall–Kier alpha value is -0.840. The van der Waals surface area contributed by atoms with Crippen LogP contribution in [-0.4, -0.2) is 44.4 Å². The van der Waals surface area contributed by atoms with E-state index in [-0.39, 0.29) is 5.41 Å². The van der Waals surface area contributed by atoms with Gasteiger partial charge in [0.25, 0.3) is 0 Å². The number of nitrogens with zero attached hydrogens (tertiary/aromatic N) is 1. The molecule has 1 aromatic rings. The molecule has 0 spiro atoms. The van der Waals surface area contributed by atoms with Gasteiger partial charge in [-0.2, -0.15) is 0 Å². The third-order valence-electron chi connectivity index (χ3n) is 4.67. The minimum absolute atomic E-state index is 0.173. The quantitative estimate of drug-likeness (QED) is 0.848. The van der Waals surface area contributed by atoms with Gasteiger partial charge >= 0.3 is 0 Å². The number of aryl methyl sites for hydroxylation is 1. The molecule has 0 aliphatic carbocycles. The minimum atomic E-state index is 0.173. The molecule has 4 nitrogen and oxygen atoms in total. The van der Waals surface area contributed by atoms with Gasteiger partial charge in [0.1, 0.15) is 11.5 Å². The number of likely N-dealkylation sites (tertiary alicyclic amines) is 1. The first kappa shape index (κ1) is 14.1. The molecular weight excluding hydrogens is 254 g/mol. The summed E-state index contributed by atoms with van der Waals surface area (Å²) in [5.74, 6) is 2.05. The Bertz CT molecular complexity index is 441. The van der Waals surface area contributed by atoms with E-state index in [9.17, 15) is 0 Å². The van der Waals surface area contributed by atoms with E-state index in [2.05, 4.69) is 11.0 Å². The molecule has 3 heterocycles. The summed E-state index contributed by atoms with van der Waals surface area (Å²) in [5, 5.41) is 0. The number of ether oxygens (including phenoxy) is 2. The van der Waals surface area contributed by atoms with E-state index in [1.807, 2.05) is 13.0 Å². The van der Waals surface area contributed by atoms with Gasteiger partial charge in [0.05, 0.1) is 19.3 Å². The molecule has 20 heavy (non-hydrogen) atoms. The molecule has 2 aliphatic heterocycles. The van der Waals surface area contributed by atoms with Crippen LogP contribution >= 0.6 is 0 Å². The van der Waals surface area contributed by atoms with Crippen LogP contribution in [0.2, 0.25) is 0 Å². The van der Waals surface area contributed by atoms with Crippen molar-refractivity contribution in [1.82, 2.24) is 4.90 Å². The molecule has 0 amide bonds. The standard InChI is InChI=1S/C16H25NO3/c1-13-4-5-14(20-13)10-17-8-6-15-16(11-17,12-18-2)7-3-9-19-15/h4-5,15H,3,6-12H2,1-2H3/t15-,16+/m0/s1. The van der Waals surface area contributed by atoms with Crippen LogP contribution < -0.4 is 0 Å². The smallest absolute Gasteiger partial charge is 0.118 e. The molecule has 2 fully saturated rings. The van der Waals surface area contributed by atoms with Crippen LogP contribution in [0.1, 0.15) is 30.8 Å². The predicted molar refractivity (Wildman–Crippen MR) is 76.6 cm³/mol. The maximum absolute atomic E-state index is 6.01. The fourth-order valence-corrected chi connectivity index (χ4v) is 3.81. The number of hydrogen-bond acceptors (Lipinski definition) is 4. The maximum atomic E-state index is 6.01. The lowest BCUT2D eigenvalue weighted by Crippen LogP contribution is -2.56. The summed E-state index contributed by atoms with van der Waals surface area (Å²) in [5.41, 5.74) is 0.173. The van der Waals surface area contributed by atoms with Gasteiger partial charge in [-0.05, 0) is 38.3 Å². The lowest BCUT2D eigenvalue weighted by Gasteiger charge is -2.50. The van der Waals surface area contributed by atoms with Gasteiger partial charge in [0.2, 0.25) is 0 Å². The third-order valence-corrected chi connectivity index (χ3v) is 4.67. The Morgan fingerprint density at radius 1 is 1.45 bits per heavy atom. The molecule has 0 aromatic carbocycles. The fraction of sp³-hybridized carbons (Fsp3) is 0.750. The second kappa shape index (κ2) is 5.88. The molecule has 112 valence electrons. The molecule has 2 saturated heterocycles. The van der Waals surface area contributed by atoms with E-state index >= 15 is 0 Å². The van der Waals surface area contributed by atoms with Crippen molar-refractivity contribution in [3.63, 3.8) is 0 Å². The van der Waals surface area contributed by atoms with E-state index in [1.54, 1.807) is 7.11 Å². The number of rotatable bonds is 4. The highest BCUT2D eigenvalue weighted by atomic mass is 16.5. The number of fused-ring (bicyclic) bond motifs is 1. The summed E-state index contributed by atoms with van der Waals surface area (Å²) in [6.07, 6.45) is 3.82. The summed E-state index contributed by atoms with van der Waals surface area (Å²) in [6.45, 7) is 6.73. The molecule has 2 atom stereocenters. The molecule has 0 N–H and O–H groups in total. The first-order valence-corrected chi connectivity index (χ1v) is 7.60. The Kier molecular flexibility index (Phi) is 4.15. The monoisotopic (exact) mass is 279 g/mol. The largest absolute Gasteiger partial charge is 0.465 e. The zero-order valence-electron chi connectivity index (χ0n) is 12.6. The zero-order valence-corrected chi connectivity index (χ0v) is 12.6. The van der Waals surface area contributed by atoms with E-state index in [1.165, 1.54) is 6.42 Å². The fourth-order valence-electron chi connectivity index (χ4n) is 3.81. The van der Waals surface area contributed by atoms with Crippen molar-refractivity contribution in [1.29, 1.82) is 0 Å². The average molecular weight is 279 g/mol. The van der Waals surface area contributed by atoms with E-state index in [0.717, 1.165) is 57.2 Å². The van der Waals surface area contributed by atoms with Gasteiger partial charge in [-0.25, -0.2) is 0 Å². The second-order valence-corrected chi connectivity index (χ2v) is 6.27. The van der Waals surface area contributed by atoms with Gasteiger partial charge in [-0.1, -0.05) is 0 Å². The van der Waals surface area contributed by atoms with Gasteiger partial charge in [0, 0.05) is 32.2 Å². The van der Waals surface area contributed by atoms with Crippen LogP contribution in [0, 0.1) is 12.3 Å². The molecule has 0 radical (unpaired) electrons. The summed E-state index contributed by atoms with van der Waals surface area (Å²) >= 11 is 0. The Morgan fingerprint density at radius 3 is 3.10 bits per heavy atom. The number of methoxy groups -OCH3 is 1. The zero-order chi connectivity index (χ0) is 14.0. The highest BCUT2D eigenvalue weighted by Crippen LogP contribution is 2.40. The second-order valence-electron chi connectivity index (χ2n) is 6.27. The van der Waals surface area contributed by atoms with E-state index in [0.29, 0.717) is 6.10 Å². The van der Waals surface area contributed by atoms with Crippen LogP contribution in [-0.2, 0) is 16.0 Å². The first-order chi connectivity index (χ1) is 9.72. The molecule has 2 aliphatic rings. The topological polar surface area (TPSA) is 34.8 Å². The van der Waals surface area contributed by atoms with Crippen molar-refractivity contribution in [2.24, 2.45) is 5.41 Å². The summed E-state index contributed by atoms with van der Waals surface area (Å²) in [6, 6.07) is 4.12. The molecule has 0 saturated carbocycles. The highest BCUT2D eigenvalue weighted by Gasteiger charge is 2.45. The van der Waals surface area contributed by atoms with Crippen LogP contribution in [0.15, 0.2) is 16.5 Å². The van der Waals surface area contributed by atoms with Gasteiger partial charge in [-0.3, -0.25) is 4.90 Å². The van der Waals surface area contributed by atoms with Gasteiger partial charge < -0.3 is 13.9 Å². The van der Waals surface area contributed by atoms with Crippen LogP contribution in [0.5, 0.6) is 0 Å². The summed E-state index contributed by atoms with van der Waals surface area (Å²) < 4.78 is 17.2. The lowest BCUT2D eigenvalue weighted by atomic mass is 9.73. The number of hydrogen-bond donors (Lipinski definition) is 0. The Balaban J connectivity index is 1.69. The normalized spacial score (nSPS) is 31.2. The van der Waals surface area contributed by atoms with Crippen molar-refractivity contribution in [3.8, 4) is 0 Å². The average Bonchev–Trinajstić information content (AvgIpc) is 2.84.